The molecule has 0 radical (unpaired) electrons. The summed E-state index contributed by atoms with van der Waals surface area (Å²) in [5.74, 6) is 0.726. The van der Waals surface area contributed by atoms with E-state index in [9.17, 15) is 9.59 Å². The molecule has 0 unspecified atom stereocenters. The second-order valence-electron chi connectivity index (χ2n) is 5.51. The normalized spacial score (nSPS) is 10.2. The van der Waals surface area contributed by atoms with E-state index in [4.69, 9.17) is 9.47 Å². The third kappa shape index (κ3) is 5.06. The lowest BCUT2D eigenvalue weighted by Gasteiger charge is -2.09. The number of benzene rings is 2. The minimum absolute atomic E-state index is 0.113. The molecule has 0 bridgehead atoms. The van der Waals surface area contributed by atoms with E-state index in [0.717, 1.165) is 10.0 Å². The van der Waals surface area contributed by atoms with E-state index in [-0.39, 0.29) is 24.5 Å². The fourth-order valence-electron chi connectivity index (χ4n) is 2.33. The summed E-state index contributed by atoms with van der Waals surface area (Å²) in [6, 6.07) is 10.5. The Hall–Kier alpha value is -2.34. The Morgan fingerprint density at radius 2 is 1.72 bits per heavy atom. The molecule has 0 aromatic heterocycles. The monoisotopic (exact) mass is 405 g/mol. The third-order valence-electron chi connectivity index (χ3n) is 3.73. The largest absolute Gasteiger partial charge is 0.493 e. The van der Waals surface area contributed by atoms with Crippen molar-refractivity contribution in [3.05, 3.63) is 52.0 Å². The number of methoxy groups -OCH3 is 2. The first kappa shape index (κ1) is 19.0. The number of hydrogen-bond donors (Lipinski definition) is 1. The van der Waals surface area contributed by atoms with Crippen LogP contribution in [0.4, 0.5) is 5.69 Å². The summed E-state index contributed by atoms with van der Waals surface area (Å²) in [4.78, 5) is 24.3. The van der Waals surface area contributed by atoms with Gasteiger partial charge in [0.2, 0.25) is 5.91 Å². The average Bonchev–Trinajstić information content (AvgIpc) is 2.62. The summed E-state index contributed by atoms with van der Waals surface area (Å²) in [5, 5.41) is 2.80. The van der Waals surface area contributed by atoms with Crippen LogP contribution in [0.15, 0.2) is 40.9 Å². The van der Waals surface area contributed by atoms with Crippen LogP contribution in [-0.4, -0.2) is 25.9 Å². The Morgan fingerprint density at radius 1 is 1.00 bits per heavy atom. The summed E-state index contributed by atoms with van der Waals surface area (Å²) in [7, 11) is 3.05. The highest BCUT2D eigenvalue weighted by Crippen LogP contribution is 2.28. The number of halogens is 1. The fourth-order valence-corrected chi connectivity index (χ4v) is 2.57. The van der Waals surface area contributed by atoms with Gasteiger partial charge in [-0.15, -0.1) is 0 Å². The molecule has 2 rings (SSSR count). The molecule has 0 heterocycles. The van der Waals surface area contributed by atoms with Gasteiger partial charge >= 0.3 is 0 Å². The van der Waals surface area contributed by atoms with Gasteiger partial charge in [-0.1, -0.05) is 15.9 Å². The predicted molar refractivity (Wildman–Crippen MR) is 101 cm³/mol. The maximum absolute atomic E-state index is 12.3. The second kappa shape index (κ2) is 8.67. The lowest BCUT2D eigenvalue weighted by Crippen LogP contribution is -2.13. The van der Waals surface area contributed by atoms with Gasteiger partial charge in [-0.2, -0.15) is 0 Å². The van der Waals surface area contributed by atoms with Gasteiger partial charge in [0.1, 0.15) is 0 Å². The quantitative estimate of drug-likeness (QED) is 0.694. The maximum atomic E-state index is 12.3. The first-order valence-corrected chi connectivity index (χ1v) is 8.55. The van der Waals surface area contributed by atoms with Gasteiger partial charge in [-0.05, 0) is 48.9 Å². The molecule has 25 heavy (non-hydrogen) atoms. The molecule has 1 amide bonds. The Bertz CT molecular complexity index is 789. The number of ether oxygens (including phenoxy) is 2. The van der Waals surface area contributed by atoms with Gasteiger partial charge < -0.3 is 14.8 Å². The molecule has 2 aromatic rings. The molecule has 5 nitrogen and oxygen atoms in total. The van der Waals surface area contributed by atoms with Crippen molar-refractivity contribution in [2.24, 2.45) is 0 Å². The van der Waals surface area contributed by atoms with Crippen LogP contribution in [0.5, 0.6) is 11.5 Å². The van der Waals surface area contributed by atoms with E-state index in [0.29, 0.717) is 22.7 Å². The number of carbonyl (C=O) groups is 2. The van der Waals surface area contributed by atoms with Crippen LogP contribution in [0.25, 0.3) is 0 Å². The third-order valence-corrected chi connectivity index (χ3v) is 4.62. The Balaban J connectivity index is 1.94. The van der Waals surface area contributed by atoms with E-state index in [1.165, 1.54) is 14.2 Å². The van der Waals surface area contributed by atoms with Crippen molar-refractivity contribution in [1.29, 1.82) is 0 Å². The Morgan fingerprint density at radius 3 is 2.36 bits per heavy atom. The van der Waals surface area contributed by atoms with Gasteiger partial charge in [-0.3, -0.25) is 9.59 Å². The van der Waals surface area contributed by atoms with Crippen LogP contribution in [0.3, 0.4) is 0 Å². The molecule has 0 spiro atoms. The Kier molecular flexibility index (Phi) is 6.58. The van der Waals surface area contributed by atoms with Crippen LogP contribution >= 0.6 is 15.9 Å². The topological polar surface area (TPSA) is 64.6 Å². The van der Waals surface area contributed by atoms with E-state index >= 15 is 0 Å². The summed E-state index contributed by atoms with van der Waals surface area (Å²) in [6.45, 7) is 1.94. The predicted octanol–water partition coefficient (Wildman–Crippen LogP) is 4.38. The number of carbonyl (C=O) groups excluding carboxylic acids is 2. The highest BCUT2D eigenvalue weighted by molar-refractivity contribution is 9.10. The lowest BCUT2D eigenvalue weighted by atomic mass is 10.1. The molecular weight excluding hydrogens is 386 g/mol. The first-order chi connectivity index (χ1) is 11.9. The van der Waals surface area contributed by atoms with Crippen molar-refractivity contribution < 1.29 is 19.1 Å². The van der Waals surface area contributed by atoms with Gasteiger partial charge in [0.25, 0.3) is 0 Å². The zero-order chi connectivity index (χ0) is 18.4. The SMILES string of the molecule is COc1ccc(C(=O)CCC(=O)Nc2ccc(Br)c(C)c2)cc1OC. The summed E-state index contributed by atoms with van der Waals surface area (Å²) < 4.78 is 11.3. The van der Waals surface area contributed by atoms with Crippen molar-refractivity contribution >= 4 is 33.3 Å². The summed E-state index contributed by atoms with van der Waals surface area (Å²) in [6.07, 6.45) is 0.235. The van der Waals surface area contributed by atoms with Gasteiger partial charge in [-0.25, -0.2) is 0 Å². The van der Waals surface area contributed by atoms with Gasteiger partial charge in [0.05, 0.1) is 14.2 Å². The van der Waals surface area contributed by atoms with Crippen molar-refractivity contribution in [2.75, 3.05) is 19.5 Å². The molecule has 0 saturated carbocycles. The number of amides is 1. The smallest absolute Gasteiger partial charge is 0.224 e. The number of hydrogen-bond acceptors (Lipinski definition) is 4. The fraction of sp³-hybridized carbons (Fsp3) is 0.263. The second-order valence-corrected chi connectivity index (χ2v) is 6.36. The molecule has 2 aromatic carbocycles. The molecular formula is C19H20BrNO4. The highest BCUT2D eigenvalue weighted by Gasteiger charge is 2.13. The molecule has 0 aliphatic heterocycles. The van der Waals surface area contributed by atoms with E-state index in [1.54, 1.807) is 18.2 Å². The lowest BCUT2D eigenvalue weighted by molar-refractivity contribution is -0.116. The maximum Gasteiger partial charge on any atom is 0.224 e. The first-order valence-electron chi connectivity index (χ1n) is 7.76. The van der Waals surface area contributed by atoms with Crippen LogP contribution in [0.1, 0.15) is 28.8 Å². The van der Waals surface area contributed by atoms with E-state index in [1.807, 2.05) is 25.1 Å². The van der Waals surface area contributed by atoms with Crippen molar-refractivity contribution in [1.82, 2.24) is 0 Å². The number of nitrogens with one attached hydrogen (secondary N) is 1. The average molecular weight is 406 g/mol. The minimum atomic E-state index is -0.199. The molecule has 0 aliphatic carbocycles. The molecule has 0 aliphatic rings. The van der Waals surface area contributed by atoms with Gasteiger partial charge in [0.15, 0.2) is 17.3 Å². The van der Waals surface area contributed by atoms with Crippen LogP contribution in [-0.2, 0) is 4.79 Å². The number of rotatable bonds is 7. The molecule has 1 N–H and O–H groups in total. The Labute approximate surface area is 155 Å². The number of ketones is 1. The number of Topliss-reactive ketones (excluding diaryl/α,β-unsaturated/α-hetero) is 1. The zero-order valence-electron chi connectivity index (χ0n) is 14.4. The van der Waals surface area contributed by atoms with Crippen molar-refractivity contribution in [2.45, 2.75) is 19.8 Å². The van der Waals surface area contributed by atoms with E-state index in [2.05, 4.69) is 21.2 Å². The van der Waals surface area contributed by atoms with Gasteiger partial charge in [0, 0.05) is 28.6 Å². The standard InChI is InChI=1S/C19H20BrNO4/c1-12-10-14(5-6-15(12)20)21-19(23)9-7-16(22)13-4-8-17(24-2)18(11-13)25-3/h4-6,8,10-11H,7,9H2,1-3H3,(H,21,23). The summed E-state index contributed by atoms with van der Waals surface area (Å²) >= 11 is 3.42. The van der Waals surface area contributed by atoms with Crippen molar-refractivity contribution in [3.63, 3.8) is 0 Å². The number of anilines is 1. The van der Waals surface area contributed by atoms with Crippen LogP contribution in [0.2, 0.25) is 0 Å². The van der Waals surface area contributed by atoms with Crippen LogP contribution in [0, 0.1) is 6.92 Å². The molecule has 6 heteroatoms. The number of aryl methyl sites for hydroxylation is 1. The van der Waals surface area contributed by atoms with Crippen molar-refractivity contribution in [3.8, 4) is 11.5 Å². The zero-order valence-corrected chi connectivity index (χ0v) is 16.0. The molecule has 0 fully saturated rings. The van der Waals surface area contributed by atoms with Crippen LogP contribution < -0.4 is 14.8 Å². The molecule has 0 saturated heterocycles. The summed E-state index contributed by atoms with van der Waals surface area (Å²) in [5.41, 5.74) is 2.23. The molecule has 132 valence electrons. The highest BCUT2D eigenvalue weighted by atomic mass is 79.9. The van der Waals surface area contributed by atoms with E-state index < -0.39 is 0 Å². The molecule has 0 atom stereocenters. The minimum Gasteiger partial charge on any atom is -0.493 e.